The van der Waals surface area contributed by atoms with Gasteiger partial charge in [-0.05, 0) is 11.1 Å². The Balaban J connectivity index is 0.00000180. The smallest absolute Gasteiger partial charge is 0.283 e. The zero-order chi connectivity index (χ0) is 13.1. The van der Waals surface area contributed by atoms with Crippen molar-refractivity contribution in [2.75, 3.05) is 0 Å². The van der Waals surface area contributed by atoms with Crippen LogP contribution < -0.4 is 43.1 Å². The second-order valence-electron chi connectivity index (χ2n) is 4.05. The molecular formula is C14H12Br2N4. The molecule has 4 nitrogen and oxygen atoms in total. The molecule has 0 aliphatic carbocycles. The molecule has 102 valence electrons. The van der Waals surface area contributed by atoms with Crippen LogP contribution in [0.2, 0.25) is 0 Å². The van der Waals surface area contributed by atoms with Crippen molar-refractivity contribution in [2.45, 2.75) is 0 Å². The topological polar surface area (TPSA) is 55.3 Å². The molecule has 0 unspecified atom stereocenters. The lowest BCUT2D eigenvalue weighted by Gasteiger charge is -2.00. The highest BCUT2D eigenvalue weighted by Gasteiger charge is 2.11. The number of aryl methyl sites for hydroxylation is 2. The van der Waals surface area contributed by atoms with Gasteiger partial charge in [0.05, 0.1) is 0 Å². The Morgan fingerprint density at radius 2 is 1.15 bits per heavy atom. The summed E-state index contributed by atoms with van der Waals surface area (Å²) in [5, 5.41) is 18.0. The largest absolute Gasteiger partial charge is 1.00 e. The van der Waals surface area contributed by atoms with E-state index in [9.17, 15) is 0 Å². The monoisotopic (exact) mass is 394 g/mol. The van der Waals surface area contributed by atoms with Gasteiger partial charge in [0, 0.05) is 24.3 Å². The fraction of sp³-hybridized carbons (Fsp3) is 0.143. The van der Waals surface area contributed by atoms with Crippen molar-refractivity contribution in [2.24, 2.45) is 14.1 Å². The summed E-state index contributed by atoms with van der Waals surface area (Å²) in [5.41, 5.74) is 3.03. The minimum Gasteiger partial charge on any atom is -1.00 e. The van der Waals surface area contributed by atoms with E-state index in [-0.39, 0.29) is 34.0 Å². The lowest BCUT2D eigenvalue weighted by atomic mass is 10.1. The maximum atomic E-state index is 9.01. The fourth-order valence-corrected chi connectivity index (χ4v) is 1.72. The summed E-state index contributed by atoms with van der Waals surface area (Å²) < 4.78 is 3.52. The standard InChI is InChI=1S/C14H12N4.2BrH/c1-17-5-3-11(7-13(17)9-15)12-4-6-18(2)14(8-12)10-16;;/h3-8H,1-2H3;2*1H/q+2;;/p-2. The van der Waals surface area contributed by atoms with Crippen LogP contribution in [0, 0.1) is 22.7 Å². The zero-order valence-corrected chi connectivity index (χ0v) is 14.2. The molecule has 0 aromatic carbocycles. The Morgan fingerprint density at radius 1 is 0.800 bits per heavy atom. The van der Waals surface area contributed by atoms with Gasteiger partial charge in [0.2, 0.25) is 0 Å². The van der Waals surface area contributed by atoms with Crippen molar-refractivity contribution >= 4 is 0 Å². The molecule has 0 N–H and O–H groups in total. The summed E-state index contributed by atoms with van der Waals surface area (Å²) in [7, 11) is 3.65. The highest BCUT2D eigenvalue weighted by Crippen LogP contribution is 2.18. The molecule has 0 atom stereocenters. The first-order chi connectivity index (χ1) is 8.65. The first kappa shape index (κ1) is 18.2. The van der Waals surface area contributed by atoms with E-state index in [1.54, 1.807) is 9.13 Å². The Kier molecular flexibility index (Phi) is 7.06. The number of halogens is 2. The number of rotatable bonds is 1. The van der Waals surface area contributed by atoms with Crippen molar-refractivity contribution in [1.29, 1.82) is 10.5 Å². The van der Waals surface area contributed by atoms with Gasteiger partial charge < -0.3 is 34.0 Å². The van der Waals surface area contributed by atoms with Crippen molar-refractivity contribution in [1.82, 2.24) is 0 Å². The van der Waals surface area contributed by atoms with Crippen molar-refractivity contribution in [3.8, 4) is 23.3 Å². The Labute approximate surface area is 139 Å². The molecule has 0 radical (unpaired) electrons. The molecule has 0 spiro atoms. The van der Waals surface area contributed by atoms with E-state index in [2.05, 4.69) is 12.1 Å². The van der Waals surface area contributed by atoms with Crippen LogP contribution in [0.3, 0.4) is 0 Å². The van der Waals surface area contributed by atoms with Crippen LogP contribution in [0.1, 0.15) is 11.4 Å². The molecule has 0 aliphatic heterocycles. The molecule has 20 heavy (non-hydrogen) atoms. The van der Waals surface area contributed by atoms with E-state index in [0.717, 1.165) is 11.1 Å². The molecule has 2 aromatic rings. The predicted octanol–water partition coefficient (Wildman–Crippen LogP) is -5.25. The quantitative estimate of drug-likeness (QED) is 0.453. The Hall–Kier alpha value is -1.76. The molecule has 2 rings (SSSR count). The zero-order valence-electron chi connectivity index (χ0n) is 11.0. The van der Waals surface area contributed by atoms with E-state index >= 15 is 0 Å². The summed E-state index contributed by atoms with van der Waals surface area (Å²) in [4.78, 5) is 0. The van der Waals surface area contributed by atoms with Gasteiger partial charge in [0.15, 0.2) is 24.5 Å². The minimum absolute atomic E-state index is 0. The van der Waals surface area contributed by atoms with Gasteiger partial charge in [0.1, 0.15) is 14.1 Å². The second kappa shape index (κ2) is 7.74. The van der Waals surface area contributed by atoms with Gasteiger partial charge in [-0.1, -0.05) is 0 Å². The highest BCUT2D eigenvalue weighted by atomic mass is 79.9. The molecule has 6 heteroatoms. The third-order valence-corrected chi connectivity index (χ3v) is 2.86. The third-order valence-electron chi connectivity index (χ3n) is 2.86. The van der Waals surface area contributed by atoms with Crippen molar-refractivity contribution < 1.29 is 43.1 Å². The van der Waals surface area contributed by atoms with Crippen LogP contribution in [-0.2, 0) is 14.1 Å². The minimum atomic E-state index is 0. The number of aromatic nitrogens is 2. The summed E-state index contributed by atoms with van der Waals surface area (Å²) in [6.45, 7) is 0. The first-order valence-electron chi connectivity index (χ1n) is 5.45. The molecule has 0 saturated carbocycles. The van der Waals surface area contributed by atoms with Crippen molar-refractivity contribution in [3.05, 3.63) is 48.0 Å². The lowest BCUT2D eigenvalue weighted by Crippen LogP contribution is -3.00. The van der Waals surface area contributed by atoms with Crippen molar-refractivity contribution in [3.63, 3.8) is 0 Å². The van der Waals surface area contributed by atoms with E-state index in [1.807, 2.05) is 50.8 Å². The van der Waals surface area contributed by atoms with E-state index in [1.165, 1.54) is 0 Å². The van der Waals surface area contributed by atoms with Gasteiger partial charge in [-0.15, -0.1) is 0 Å². The molecule has 0 fully saturated rings. The predicted molar refractivity (Wildman–Crippen MR) is 63.7 cm³/mol. The van der Waals surface area contributed by atoms with E-state index < -0.39 is 0 Å². The molecule has 0 bridgehead atoms. The van der Waals surface area contributed by atoms with Gasteiger partial charge in [-0.2, -0.15) is 19.7 Å². The van der Waals surface area contributed by atoms with Gasteiger partial charge in [0.25, 0.3) is 11.4 Å². The number of pyridine rings is 2. The number of hydrogen-bond acceptors (Lipinski definition) is 2. The Morgan fingerprint density at radius 3 is 1.45 bits per heavy atom. The summed E-state index contributed by atoms with van der Waals surface area (Å²) >= 11 is 0. The number of nitriles is 2. The second-order valence-corrected chi connectivity index (χ2v) is 4.05. The highest BCUT2D eigenvalue weighted by molar-refractivity contribution is 5.63. The molecule has 2 heterocycles. The van der Waals surface area contributed by atoms with E-state index in [0.29, 0.717) is 11.4 Å². The maximum Gasteiger partial charge on any atom is 0.283 e. The van der Waals surface area contributed by atoms with Crippen LogP contribution in [0.5, 0.6) is 0 Å². The molecule has 0 aliphatic rings. The van der Waals surface area contributed by atoms with Crippen LogP contribution in [0.4, 0.5) is 0 Å². The van der Waals surface area contributed by atoms with E-state index in [4.69, 9.17) is 10.5 Å². The summed E-state index contributed by atoms with van der Waals surface area (Å²) in [6, 6.07) is 11.8. The number of hydrogen-bond donors (Lipinski definition) is 0. The van der Waals surface area contributed by atoms with Gasteiger partial charge in [-0.25, -0.2) is 0 Å². The van der Waals surface area contributed by atoms with Crippen LogP contribution in [-0.4, -0.2) is 0 Å². The maximum absolute atomic E-state index is 9.01. The fourth-order valence-electron chi connectivity index (χ4n) is 1.72. The average molecular weight is 396 g/mol. The normalized spacial score (nSPS) is 8.60. The molecular weight excluding hydrogens is 384 g/mol. The molecule has 0 saturated heterocycles. The molecule has 0 amide bonds. The van der Waals surface area contributed by atoms with Crippen LogP contribution >= 0.6 is 0 Å². The number of nitrogens with zero attached hydrogens (tertiary/aromatic N) is 4. The first-order valence-corrected chi connectivity index (χ1v) is 5.45. The van der Waals surface area contributed by atoms with Crippen LogP contribution in [0.25, 0.3) is 11.1 Å². The Bertz CT molecular complexity index is 638. The lowest BCUT2D eigenvalue weighted by molar-refractivity contribution is -0.674. The van der Waals surface area contributed by atoms with Gasteiger partial charge >= 0.3 is 0 Å². The average Bonchev–Trinajstić information content (AvgIpc) is 2.40. The molecule has 2 aromatic heterocycles. The van der Waals surface area contributed by atoms with Crippen LogP contribution in [0.15, 0.2) is 36.7 Å². The third kappa shape index (κ3) is 3.63. The summed E-state index contributed by atoms with van der Waals surface area (Å²) in [6.07, 6.45) is 3.68. The summed E-state index contributed by atoms with van der Waals surface area (Å²) in [5.74, 6) is 0. The van der Waals surface area contributed by atoms with Gasteiger partial charge in [-0.3, -0.25) is 0 Å². The SMILES string of the molecule is C[n+]1ccc(-c2cc[n+](C)c(C#N)c2)cc1C#N.[Br-].[Br-].